The van der Waals surface area contributed by atoms with Crippen LogP contribution in [0.1, 0.15) is 29.7 Å². The Bertz CT molecular complexity index is 1250. The van der Waals surface area contributed by atoms with Gasteiger partial charge in [0.25, 0.3) is 0 Å². The molecule has 2 aromatic carbocycles. The van der Waals surface area contributed by atoms with Gasteiger partial charge in [0.05, 0.1) is 17.8 Å². The second-order valence-electron chi connectivity index (χ2n) is 7.31. The highest BCUT2D eigenvalue weighted by molar-refractivity contribution is 6.16. The largest absolute Gasteiger partial charge is 0.508 e. The maximum Gasteiger partial charge on any atom is 0.227 e. The minimum absolute atomic E-state index is 0.0645. The Morgan fingerprint density at radius 1 is 1.16 bits per heavy atom. The second kappa shape index (κ2) is 8.85. The van der Waals surface area contributed by atoms with Crippen LogP contribution in [0.15, 0.2) is 90.5 Å². The summed E-state index contributed by atoms with van der Waals surface area (Å²) in [6, 6.07) is 13.6. The molecule has 2 N–H and O–H groups in total. The van der Waals surface area contributed by atoms with Gasteiger partial charge < -0.3 is 10.4 Å². The zero-order valence-electron chi connectivity index (χ0n) is 17.7. The first-order valence-electron chi connectivity index (χ1n) is 10.2. The molecule has 1 aliphatic rings. The first-order valence-corrected chi connectivity index (χ1v) is 10.2. The van der Waals surface area contributed by atoms with Crippen LogP contribution in [0.25, 0.3) is 5.69 Å². The molecule has 0 spiro atoms. The molecule has 1 aliphatic heterocycles. The number of phenols is 1. The van der Waals surface area contributed by atoms with Crippen molar-refractivity contribution in [3.05, 3.63) is 103 Å². The summed E-state index contributed by atoms with van der Waals surface area (Å²) in [4.78, 5) is 17.9. The third-order valence-electron chi connectivity index (χ3n) is 5.15. The number of nitrogens with zero attached hydrogens (tertiary/aromatic N) is 4. The van der Waals surface area contributed by atoms with Gasteiger partial charge in [-0.25, -0.2) is 0 Å². The summed E-state index contributed by atoms with van der Waals surface area (Å²) >= 11 is 0. The number of benzene rings is 2. The monoisotopic (exact) mass is 425 g/mol. The number of hydrogen-bond acceptors (Lipinski definition) is 5. The summed E-state index contributed by atoms with van der Waals surface area (Å²) < 4.78 is 1.94. The Labute approximate surface area is 186 Å². The predicted octanol–water partition coefficient (Wildman–Crippen LogP) is 4.45. The molecule has 1 amide bonds. The number of aromatic hydroxyl groups is 1. The minimum atomic E-state index is -0.566. The number of nitrogens with one attached hydrogen (secondary N) is 1. The molecule has 0 fully saturated rings. The fourth-order valence-electron chi connectivity index (χ4n) is 3.71. The van der Waals surface area contributed by atoms with E-state index >= 15 is 0 Å². The molecule has 1 atom stereocenters. The number of phenolic OH excluding ortho intramolecular Hbond substituents is 1. The van der Waals surface area contributed by atoms with Crippen LogP contribution in [-0.4, -0.2) is 31.5 Å². The lowest BCUT2D eigenvalue weighted by molar-refractivity contribution is -0.116. The minimum Gasteiger partial charge on any atom is -0.508 e. The molecule has 0 aliphatic carbocycles. The molecule has 4 rings (SSSR count). The maximum absolute atomic E-state index is 12.9. The molecule has 3 aromatic rings. The Hall–Kier alpha value is -4.26. The van der Waals surface area contributed by atoms with Gasteiger partial charge in [0.2, 0.25) is 5.91 Å². The van der Waals surface area contributed by atoms with Crippen LogP contribution >= 0.6 is 0 Å². The first-order chi connectivity index (χ1) is 15.5. The van der Waals surface area contributed by atoms with Crippen LogP contribution in [0.4, 0.5) is 5.69 Å². The number of fused-ring (bicyclic) bond motifs is 3. The zero-order valence-corrected chi connectivity index (χ0v) is 17.7. The number of anilines is 1. The van der Waals surface area contributed by atoms with Crippen molar-refractivity contribution in [1.82, 2.24) is 14.8 Å². The average Bonchev–Trinajstić information content (AvgIpc) is 3.11. The summed E-state index contributed by atoms with van der Waals surface area (Å²) in [7, 11) is 0. The van der Waals surface area contributed by atoms with Gasteiger partial charge >= 0.3 is 0 Å². The van der Waals surface area contributed by atoms with E-state index in [-0.39, 0.29) is 18.1 Å². The zero-order chi connectivity index (χ0) is 22.7. The van der Waals surface area contributed by atoms with Crippen molar-refractivity contribution in [2.75, 3.05) is 5.32 Å². The fourth-order valence-corrected chi connectivity index (χ4v) is 3.71. The molecule has 0 saturated carbocycles. The maximum atomic E-state index is 12.9. The van der Waals surface area contributed by atoms with Gasteiger partial charge in [-0.05, 0) is 42.8 Å². The first kappa shape index (κ1) is 21.0. The summed E-state index contributed by atoms with van der Waals surface area (Å²) in [5.74, 6) is 1.21. The van der Waals surface area contributed by atoms with Gasteiger partial charge in [-0.1, -0.05) is 49.6 Å². The molecule has 7 nitrogen and oxygen atoms in total. The third-order valence-corrected chi connectivity index (χ3v) is 5.15. The highest BCUT2D eigenvalue weighted by atomic mass is 16.3. The van der Waals surface area contributed by atoms with E-state index in [9.17, 15) is 9.90 Å². The van der Waals surface area contributed by atoms with Crippen molar-refractivity contribution in [2.24, 2.45) is 4.99 Å². The highest BCUT2D eigenvalue weighted by Crippen LogP contribution is 2.32. The van der Waals surface area contributed by atoms with Gasteiger partial charge in [-0.3, -0.25) is 14.4 Å². The summed E-state index contributed by atoms with van der Waals surface area (Å²) in [6.45, 7) is 9.60. The Kier molecular flexibility index (Phi) is 5.81. The van der Waals surface area contributed by atoms with Crippen molar-refractivity contribution >= 4 is 17.3 Å². The molecular weight excluding hydrogens is 402 g/mol. The van der Waals surface area contributed by atoms with Crippen LogP contribution < -0.4 is 5.32 Å². The number of allylic oxidation sites excluding steroid dienone is 4. The smallest absolute Gasteiger partial charge is 0.227 e. The van der Waals surface area contributed by atoms with Crippen molar-refractivity contribution in [3.8, 4) is 11.4 Å². The molecule has 0 saturated heterocycles. The number of rotatable bonds is 6. The molecule has 0 bridgehead atoms. The van der Waals surface area contributed by atoms with Crippen molar-refractivity contribution in [1.29, 1.82) is 0 Å². The van der Waals surface area contributed by atoms with E-state index in [1.807, 2.05) is 41.8 Å². The molecule has 2 heterocycles. The number of aryl methyl sites for hydroxylation is 1. The lowest BCUT2D eigenvalue weighted by Gasteiger charge is -2.13. The topological polar surface area (TPSA) is 92.4 Å². The molecule has 0 radical (unpaired) electrons. The standard InChI is InChI=1S/C25H23N5O2/c1-4-8-17(5-2)24-20-9-6-7-10-22(20)30-16(3)28-29-25(30)21(27-24)15-23(32)26-18-11-13-19(31)14-12-18/h4-14,21,31H,1-2,15H2,3H3,(H,26,32)/b17-8+/t21-/m0/s1. The molecule has 7 heteroatoms. The van der Waals surface area contributed by atoms with Gasteiger partial charge in [-0.15, -0.1) is 10.2 Å². The number of para-hydroxylation sites is 1. The van der Waals surface area contributed by atoms with E-state index in [2.05, 4.69) is 28.7 Å². The van der Waals surface area contributed by atoms with Gasteiger partial charge in [-0.2, -0.15) is 0 Å². The van der Waals surface area contributed by atoms with Crippen LogP contribution in [0.5, 0.6) is 5.75 Å². The Morgan fingerprint density at radius 2 is 1.91 bits per heavy atom. The summed E-state index contributed by atoms with van der Waals surface area (Å²) in [5, 5.41) is 20.9. The van der Waals surface area contributed by atoms with Crippen LogP contribution in [0, 0.1) is 6.92 Å². The highest BCUT2D eigenvalue weighted by Gasteiger charge is 2.29. The van der Waals surface area contributed by atoms with Gasteiger partial charge in [0, 0.05) is 11.3 Å². The van der Waals surface area contributed by atoms with Crippen molar-refractivity contribution < 1.29 is 9.90 Å². The number of hydrogen-bond donors (Lipinski definition) is 2. The van der Waals surface area contributed by atoms with Gasteiger partial charge in [0.1, 0.15) is 17.6 Å². The molecule has 160 valence electrons. The summed E-state index contributed by atoms with van der Waals surface area (Å²) in [5.41, 5.74) is 3.88. The molecule has 1 aromatic heterocycles. The van der Waals surface area contributed by atoms with Crippen LogP contribution in [0.2, 0.25) is 0 Å². The van der Waals surface area contributed by atoms with E-state index in [0.717, 1.165) is 16.8 Å². The predicted molar refractivity (Wildman–Crippen MR) is 125 cm³/mol. The average molecular weight is 425 g/mol. The second-order valence-corrected chi connectivity index (χ2v) is 7.31. The Morgan fingerprint density at radius 3 is 2.62 bits per heavy atom. The lowest BCUT2D eigenvalue weighted by Crippen LogP contribution is -2.17. The number of carbonyl (C=O) groups excluding carboxylic acids is 1. The molecule has 32 heavy (non-hydrogen) atoms. The lowest BCUT2D eigenvalue weighted by atomic mass is 10.00. The van der Waals surface area contributed by atoms with E-state index in [4.69, 9.17) is 4.99 Å². The molecule has 0 unspecified atom stereocenters. The number of aromatic nitrogens is 3. The van der Waals surface area contributed by atoms with E-state index in [1.165, 1.54) is 12.1 Å². The van der Waals surface area contributed by atoms with Crippen molar-refractivity contribution in [2.45, 2.75) is 19.4 Å². The van der Waals surface area contributed by atoms with Gasteiger partial charge in [0.15, 0.2) is 5.82 Å². The quantitative estimate of drug-likeness (QED) is 0.451. The number of aliphatic imine (C=N–C) groups is 1. The third kappa shape index (κ3) is 4.00. The fraction of sp³-hybridized carbons (Fsp3) is 0.120. The Balaban J connectivity index is 1.79. The van der Waals surface area contributed by atoms with E-state index in [0.29, 0.717) is 23.0 Å². The SMILES string of the molecule is C=C/C=C(\C=C)C1=N[C@@H](CC(=O)Nc2ccc(O)cc2)c2nnc(C)n2-c2ccccc21. The van der Waals surface area contributed by atoms with E-state index < -0.39 is 6.04 Å². The van der Waals surface area contributed by atoms with Crippen molar-refractivity contribution in [3.63, 3.8) is 0 Å². The summed E-state index contributed by atoms with van der Waals surface area (Å²) in [6.07, 6.45) is 5.32. The normalized spacial score (nSPS) is 15.1. The van der Waals surface area contributed by atoms with Crippen LogP contribution in [0.3, 0.4) is 0 Å². The number of amides is 1. The van der Waals surface area contributed by atoms with E-state index in [1.54, 1.807) is 24.3 Å². The molecular formula is C25H23N5O2. The number of carbonyl (C=O) groups is 1. The van der Waals surface area contributed by atoms with Crippen LogP contribution in [-0.2, 0) is 4.79 Å².